The van der Waals surface area contributed by atoms with Gasteiger partial charge in [-0.2, -0.15) is 0 Å². The van der Waals surface area contributed by atoms with Crippen molar-refractivity contribution in [2.45, 2.75) is 19.4 Å². The molecule has 2 aliphatic heterocycles. The quantitative estimate of drug-likeness (QED) is 0.380. The van der Waals surface area contributed by atoms with E-state index in [2.05, 4.69) is 17.9 Å². The molecule has 1 saturated heterocycles. The Bertz CT molecular complexity index is 1300. The zero-order valence-corrected chi connectivity index (χ0v) is 21.8. The lowest BCUT2D eigenvalue weighted by atomic mass is 9.85. The third-order valence-electron chi connectivity index (χ3n) is 7.36. The van der Waals surface area contributed by atoms with Crippen molar-refractivity contribution in [3.8, 4) is 23.0 Å². The number of hydrogen-bond donors (Lipinski definition) is 2. The van der Waals surface area contributed by atoms with Crippen LogP contribution in [0.15, 0.2) is 60.7 Å². The summed E-state index contributed by atoms with van der Waals surface area (Å²) in [5, 5.41) is 19.6. The molecule has 6 nitrogen and oxygen atoms in total. The third-order valence-corrected chi connectivity index (χ3v) is 7.36. The lowest BCUT2D eigenvalue weighted by Gasteiger charge is -2.37. The molecule has 0 amide bonds. The van der Waals surface area contributed by atoms with Crippen molar-refractivity contribution < 1.29 is 28.8 Å². The Morgan fingerprint density at radius 2 is 1.84 bits per heavy atom. The molecular weight excluding hydrogens is 485 g/mol. The molecule has 0 spiro atoms. The van der Waals surface area contributed by atoms with Crippen molar-refractivity contribution in [3.63, 3.8) is 0 Å². The Hall–Kier alpha value is -3.55. The molecule has 0 bridgehead atoms. The molecule has 200 valence electrons. The Morgan fingerprint density at radius 3 is 2.55 bits per heavy atom. The van der Waals surface area contributed by atoms with Gasteiger partial charge in [0.05, 0.1) is 13.8 Å². The van der Waals surface area contributed by atoms with Crippen LogP contribution in [0.25, 0.3) is 11.1 Å². The van der Waals surface area contributed by atoms with E-state index in [1.165, 1.54) is 7.11 Å². The average molecular weight is 520 g/mol. The SMILES string of the molecule is COc1cc(C2=C(C)c3cc(CCO)ccc3O[C@@H]2c2ccc(OCCN3CC(CF)C3)cc2)ccc1O. The van der Waals surface area contributed by atoms with E-state index in [9.17, 15) is 14.6 Å². The van der Waals surface area contributed by atoms with E-state index >= 15 is 0 Å². The first kappa shape index (κ1) is 26.1. The highest BCUT2D eigenvalue weighted by Crippen LogP contribution is 2.48. The fraction of sp³-hybridized carbons (Fsp3) is 0.355. The van der Waals surface area contributed by atoms with E-state index < -0.39 is 0 Å². The van der Waals surface area contributed by atoms with Gasteiger partial charge in [-0.3, -0.25) is 9.29 Å². The van der Waals surface area contributed by atoms with Crippen molar-refractivity contribution in [2.75, 3.05) is 46.6 Å². The first-order valence-electron chi connectivity index (χ1n) is 13.0. The van der Waals surface area contributed by atoms with Crippen LogP contribution < -0.4 is 14.2 Å². The number of rotatable bonds is 10. The van der Waals surface area contributed by atoms with Crippen LogP contribution in [0, 0.1) is 5.92 Å². The van der Waals surface area contributed by atoms with Crippen LogP contribution in [0.4, 0.5) is 4.39 Å². The Kier molecular flexibility index (Phi) is 7.86. The van der Waals surface area contributed by atoms with Crippen LogP contribution in [-0.4, -0.2) is 61.7 Å². The number of aliphatic hydroxyl groups is 1. The second-order valence-corrected chi connectivity index (χ2v) is 9.92. The van der Waals surface area contributed by atoms with Gasteiger partial charge in [0.15, 0.2) is 11.5 Å². The zero-order valence-electron chi connectivity index (χ0n) is 21.8. The van der Waals surface area contributed by atoms with Crippen LogP contribution in [-0.2, 0) is 6.42 Å². The van der Waals surface area contributed by atoms with Crippen molar-refractivity contribution >= 4 is 11.1 Å². The monoisotopic (exact) mass is 519 g/mol. The smallest absolute Gasteiger partial charge is 0.161 e. The fourth-order valence-electron chi connectivity index (χ4n) is 5.22. The van der Waals surface area contributed by atoms with E-state index in [4.69, 9.17) is 14.2 Å². The molecular formula is C31H34FNO5. The van der Waals surface area contributed by atoms with Gasteiger partial charge in [-0.25, -0.2) is 0 Å². The maximum absolute atomic E-state index is 12.6. The highest BCUT2D eigenvalue weighted by Gasteiger charge is 2.30. The van der Waals surface area contributed by atoms with Gasteiger partial charge in [0, 0.05) is 43.3 Å². The van der Waals surface area contributed by atoms with E-state index in [1.54, 1.807) is 6.07 Å². The van der Waals surface area contributed by atoms with Crippen LogP contribution in [0.5, 0.6) is 23.0 Å². The van der Waals surface area contributed by atoms with Gasteiger partial charge in [0.25, 0.3) is 0 Å². The Balaban J connectivity index is 1.42. The van der Waals surface area contributed by atoms with Crippen molar-refractivity contribution in [1.82, 2.24) is 4.90 Å². The predicted molar refractivity (Wildman–Crippen MR) is 146 cm³/mol. The van der Waals surface area contributed by atoms with Gasteiger partial charge in [-0.15, -0.1) is 0 Å². The van der Waals surface area contributed by atoms with E-state index in [0.29, 0.717) is 18.8 Å². The summed E-state index contributed by atoms with van der Waals surface area (Å²) in [6, 6.07) is 19.3. The first-order valence-corrected chi connectivity index (χ1v) is 13.0. The van der Waals surface area contributed by atoms with Gasteiger partial charge in [0.1, 0.15) is 24.2 Å². The number of alkyl halides is 1. The number of fused-ring (bicyclic) bond motifs is 1. The Labute approximate surface area is 222 Å². The molecule has 1 fully saturated rings. The van der Waals surface area contributed by atoms with Gasteiger partial charge >= 0.3 is 0 Å². The number of likely N-dealkylation sites (tertiary alicyclic amines) is 1. The van der Waals surface area contributed by atoms with Crippen LogP contribution in [0.3, 0.4) is 0 Å². The predicted octanol–water partition coefficient (Wildman–Crippen LogP) is 5.28. The third kappa shape index (κ3) is 5.35. The maximum atomic E-state index is 12.6. The first-order chi connectivity index (χ1) is 18.5. The topological polar surface area (TPSA) is 71.4 Å². The number of benzene rings is 3. The normalized spacial score (nSPS) is 17.5. The lowest BCUT2D eigenvalue weighted by molar-refractivity contribution is 0.0668. The number of phenolic OH excluding ortho intramolecular Hbond substituents is 1. The Morgan fingerprint density at radius 1 is 1.05 bits per heavy atom. The summed E-state index contributed by atoms with van der Waals surface area (Å²) in [5.41, 5.74) is 5.92. The number of phenols is 1. The summed E-state index contributed by atoms with van der Waals surface area (Å²) < 4.78 is 30.6. The van der Waals surface area contributed by atoms with E-state index in [-0.39, 0.29) is 31.1 Å². The van der Waals surface area contributed by atoms with Crippen LogP contribution in [0.1, 0.15) is 35.3 Å². The molecule has 0 aliphatic carbocycles. The maximum Gasteiger partial charge on any atom is 0.161 e. The number of hydrogen-bond acceptors (Lipinski definition) is 6. The number of nitrogens with zero attached hydrogens (tertiary/aromatic N) is 1. The number of aromatic hydroxyl groups is 1. The molecule has 2 N–H and O–H groups in total. The minimum Gasteiger partial charge on any atom is -0.504 e. The minimum atomic E-state index is -0.381. The second-order valence-electron chi connectivity index (χ2n) is 9.92. The standard InChI is InChI=1S/C31H34FNO5/c1-20-26-15-21(11-13-34)3-10-28(26)38-31(30(20)24-6-9-27(35)29(16-24)36-2)23-4-7-25(8-5-23)37-14-12-33-18-22(17-32)19-33/h3-10,15-16,22,31,34-35H,11-14,17-19H2,1-2H3/t31-/m1/s1. The van der Waals surface area contributed by atoms with Gasteiger partial charge < -0.3 is 24.4 Å². The summed E-state index contributed by atoms with van der Waals surface area (Å²) in [7, 11) is 1.53. The summed E-state index contributed by atoms with van der Waals surface area (Å²) in [6.45, 7) is 4.86. The molecule has 2 aliphatic rings. The molecule has 2 heterocycles. The zero-order chi connectivity index (χ0) is 26.6. The highest BCUT2D eigenvalue weighted by atomic mass is 19.1. The van der Waals surface area contributed by atoms with E-state index in [1.807, 2.05) is 48.5 Å². The summed E-state index contributed by atoms with van der Waals surface area (Å²) >= 11 is 0. The number of methoxy groups -OCH3 is 1. The summed E-state index contributed by atoms with van der Waals surface area (Å²) in [5.74, 6) is 2.20. The fourth-order valence-corrected chi connectivity index (χ4v) is 5.22. The highest BCUT2D eigenvalue weighted by molar-refractivity contribution is 5.96. The number of aliphatic hydroxyl groups excluding tert-OH is 1. The molecule has 0 saturated carbocycles. The summed E-state index contributed by atoms with van der Waals surface area (Å²) in [4.78, 5) is 2.20. The number of ether oxygens (including phenoxy) is 3. The van der Waals surface area contributed by atoms with Gasteiger partial charge in [0.2, 0.25) is 0 Å². The van der Waals surface area contributed by atoms with Gasteiger partial charge in [-0.1, -0.05) is 24.3 Å². The molecule has 0 unspecified atom stereocenters. The molecule has 0 radical (unpaired) electrons. The second kappa shape index (κ2) is 11.5. The van der Waals surface area contributed by atoms with Crippen molar-refractivity contribution in [1.29, 1.82) is 0 Å². The van der Waals surface area contributed by atoms with Crippen LogP contribution in [0.2, 0.25) is 0 Å². The summed E-state index contributed by atoms with van der Waals surface area (Å²) in [6.07, 6.45) is 0.190. The molecule has 1 atom stereocenters. The van der Waals surface area contributed by atoms with E-state index in [0.717, 1.165) is 64.5 Å². The van der Waals surface area contributed by atoms with Crippen molar-refractivity contribution in [3.05, 3.63) is 82.9 Å². The number of allylic oxidation sites excluding steroid dienone is 1. The van der Waals surface area contributed by atoms with Gasteiger partial charge in [-0.05, 0) is 72.0 Å². The molecule has 0 aromatic heterocycles. The van der Waals surface area contributed by atoms with Crippen molar-refractivity contribution in [2.24, 2.45) is 5.92 Å². The molecule has 5 rings (SSSR count). The average Bonchev–Trinajstić information content (AvgIpc) is 2.91. The molecule has 7 heteroatoms. The molecule has 3 aromatic carbocycles. The number of halogens is 1. The lowest BCUT2D eigenvalue weighted by Crippen LogP contribution is -2.49. The molecule has 3 aromatic rings. The largest absolute Gasteiger partial charge is 0.504 e. The molecule has 38 heavy (non-hydrogen) atoms. The minimum absolute atomic E-state index is 0.0772. The van der Waals surface area contributed by atoms with Crippen LogP contribution >= 0.6 is 0 Å².